The van der Waals surface area contributed by atoms with Gasteiger partial charge in [-0.3, -0.25) is 4.79 Å². The normalized spacial score (nSPS) is 23.5. The van der Waals surface area contributed by atoms with Gasteiger partial charge in [-0.2, -0.15) is 0 Å². The summed E-state index contributed by atoms with van der Waals surface area (Å²) in [5, 5.41) is 5.98. The Labute approximate surface area is 141 Å². The quantitative estimate of drug-likeness (QED) is 0.789. The Hall–Kier alpha value is -2.28. The molecule has 1 aliphatic heterocycles. The number of ether oxygens (including phenoxy) is 3. The van der Waals surface area contributed by atoms with E-state index >= 15 is 0 Å². The summed E-state index contributed by atoms with van der Waals surface area (Å²) in [6, 6.07) is 6.54. The van der Waals surface area contributed by atoms with E-state index in [1.165, 1.54) is 7.11 Å². The van der Waals surface area contributed by atoms with E-state index in [1.54, 1.807) is 31.4 Å². The average Bonchev–Trinajstić information content (AvgIpc) is 2.82. The lowest BCUT2D eigenvalue weighted by atomic mass is 10.0. The molecule has 132 valence electrons. The van der Waals surface area contributed by atoms with Crippen LogP contribution in [0.1, 0.15) is 20.8 Å². The van der Waals surface area contributed by atoms with Crippen molar-refractivity contribution in [3.63, 3.8) is 0 Å². The maximum atomic E-state index is 12.5. The Bertz CT molecular complexity index is 594. The van der Waals surface area contributed by atoms with E-state index in [2.05, 4.69) is 10.6 Å². The van der Waals surface area contributed by atoms with Crippen LogP contribution >= 0.6 is 0 Å². The SMILES string of the molecule is COc1ccc(N[C@H]2[C@@H](C(=O)NC(C)(C)C)OC(=O)[C@@H]2OC)cc1. The zero-order valence-electron chi connectivity index (χ0n) is 14.6. The number of nitrogens with one attached hydrogen (secondary N) is 2. The number of benzene rings is 1. The molecule has 0 bridgehead atoms. The van der Waals surface area contributed by atoms with Gasteiger partial charge in [-0.15, -0.1) is 0 Å². The molecular weight excluding hydrogens is 312 g/mol. The minimum atomic E-state index is -0.969. The Balaban J connectivity index is 2.19. The van der Waals surface area contributed by atoms with E-state index in [4.69, 9.17) is 14.2 Å². The van der Waals surface area contributed by atoms with Gasteiger partial charge in [-0.05, 0) is 45.0 Å². The molecule has 1 aromatic rings. The fraction of sp³-hybridized carbons (Fsp3) is 0.529. The molecule has 1 heterocycles. The first kappa shape index (κ1) is 18.1. The number of carbonyl (C=O) groups is 2. The van der Waals surface area contributed by atoms with Gasteiger partial charge in [0.05, 0.1) is 7.11 Å². The molecule has 1 aromatic carbocycles. The number of hydrogen-bond acceptors (Lipinski definition) is 6. The van der Waals surface area contributed by atoms with Crippen molar-refractivity contribution >= 4 is 17.6 Å². The first-order valence-corrected chi connectivity index (χ1v) is 7.71. The summed E-state index contributed by atoms with van der Waals surface area (Å²) >= 11 is 0. The molecule has 7 nitrogen and oxygen atoms in total. The van der Waals surface area contributed by atoms with Gasteiger partial charge < -0.3 is 24.8 Å². The van der Waals surface area contributed by atoms with E-state index in [1.807, 2.05) is 20.8 Å². The molecule has 0 radical (unpaired) electrons. The van der Waals surface area contributed by atoms with Gasteiger partial charge in [0, 0.05) is 18.3 Å². The second-order valence-electron chi connectivity index (χ2n) is 6.65. The van der Waals surface area contributed by atoms with E-state index < -0.39 is 29.8 Å². The first-order valence-electron chi connectivity index (χ1n) is 7.71. The van der Waals surface area contributed by atoms with Crippen molar-refractivity contribution in [3.8, 4) is 5.75 Å². The molecule has 7 heteroatoms. The molecule has 3 atom stereocenters. The molecule has 2 N–H and O–H groups in total. The molecule has 0 aromatic heterocycles. The summed E-state index contributed by atoms with van der Waals surface area (Å²) in [6.45, 7) is 5.59. The highest BCUT2D eigenvalue weighted by Gasteiger charge is 2.49. The number of carbonyl (C=O) groups excluding carboxylic acids is 2. The van der Waals surface area contributed by atoms with E-state index in [0.29, 0.717) is 5.75 Å². The van der Waals surface area contributed by atoms with Gasteiger partial charge in [-0.25, -0.2) is 4.79 Å². The lowest BCUT2D eigenvalue weighted by Gasteiger charge is -2.26. The van der Waals surface area contributed by atoms with E-state index in [9.17, 15) is 9.59 Å². The third-order valence-electron chi connectivity index (χ3n) is 3.56. The van der Waals surface area contributed by atoms with Crippen molar-refractivity contribution in [3.05, 3.63) is 24.3 Å². The molecule has 0 spiro atoms. The lowest BCUT2D eigenvalue weighted by molar-refractivity contribution is -0.153. The van der Waals surface area contributed by atoms with Gasteiger partial charge in [0.2, 0.25) is 6.10 Å². The first-order chi connectivity index (χ1) is 11.2. The number of anilines is 1. The summed E-state index contributed by atoms with van der Waals surface area (Å²) in [4.78, 5) is 24.5. The van der Waals surface area contributed by atoms with Crippen LogP contribution in [-0.2, 0) is 19.1 Å². The van der Waals surface area contributed by atoms with Gasteiger partial charge in [0.15, 0.2) is 6.10 Å². The second kappa shape index (κ2) is 7.09. The van der Waals surface area contributed by atoms with Gasteiger partial charge in [-0.1, -0.05) is 0 Å². The van der Waals surface area contributed by atoms with Gasteiger partial charge >= 0.3 is 5.97 Å². The predicted molar refractivity (Wildman–Crippen MR) is 89.0 cm³/mol. The summed E-state index contributed by atoms with van der Waals surface area (Å²) in [5.41, 5.74) is 0.300. The number of rotatable bonds is 5. The Morgan fingerprint density at radius 3 is 2.29 bits per heavy atom. The highest BCUT2D eigenvalue weighted by Crippen LogP contribution is 2.25. The molecule has 0 aliphatic carbocycles. The topological polar surface area (TPSA) is 85.9 Å². The highest BCUT2D eigenvalue weighted by atomic mass is 16.6. The zero-order valence-corrected chi connectivity index (χ0v) is 14.6. The van der Waals surface area contributed by atoms with Crippen molar-refractivity contribution in [1.29, 1.82) is 0 Å². The van der Waals surface area contributed by atoms with Crippen LogP contribution in [0.3, 0.4) is 0 Å². The van der Waals surface area contributed by atoms with Crippen LogP contribution < -0.4 is 15.4 Å². The molecule has 1 fully saturated rings. The minimum Gasteiger partial charge on any atom is -0.497 e. The number of methoxy groups -OCH3 is 2. The molecular formula is C17H24N2O5. The smallest absolute Gasteiger partial charge is 0.338 e. The standard InChI is InChI=1S/C17H24N2O5/c1-17(2,3)19-15(20)13-12(14(23-5)16(21)24-13)18-10-6-8-11(22-4)9-7-10/h6-9,12-14,18H,1-5H3,(H,19,20)/t12-,13-,14+/m0/s1. The molecule has 0 saturated carbocycles. The van der Waals surface area contributed by atoms with Crippen LogP contribution in [-0.4, -0.2) is 49.9 Å². The van der Waals surface area contributed by atoms with Gasteiger partial charge in [0.1, 0.15) is 11.8 Å². The van der Waals surface area contributed by atoms with Gasteiger partial charge in [0.25, 0.3) is 5.91 Å². The summed E-state index contributed by atoms with van der Waals surface area (Å²) in [5.74, 6) is -0.205. The van der Waals surface area contributed by atoms with Crippen LogP contribution in [0.2, 0.25) is 0 Å². The van der Waals surface area contributed by atoms with Crippen LogP contribution in [0.4, 0.5) is 5.69 Å². The van der Waals surface area contributed by atoms with Crippen molar-refractivity contribution in [2.24, 2.45) is 0 Å². The fourth-order valence-corrected chi connectivity index (χ4v) is 2.50. The lowest BCUT2D eigenvalue weighted by Crippen LogP contribution is -2.52. The largest absolute Gasteiger partial charge is 0.497 e. The monoisotopic (exact) mass is 336 g/mol. The number of esters is 1. The predicted octanol–water partition coefficient (Wildman–Crippen LogP) is 1.33. The van der Waals surface area contributed by atoms with Crippen LogP contribution in [0.5, 0.6) is 5.75 Å². The van der Waals surface area contributed by atoms with Crippen molar-refractivity contribution in [2.45, 2.75) is 44.6 Å². The minimum absolute atomic E-state index is 0.360. The molecule has 24 heavy (non-hydrogen) atoms. The molecule has 2 rings (SSSR count). The molecule has 1 aliphatic rings. The zero-order chi connectivity index (χ0) is 17.9. The van der Waals surface area contributed by atoms with Crippen molar-refractivity contribution < 1.29 is 23.8 Å². The highest BCUT2D eigenvalue weighted by molar-refractivity contribution is 5.91. The summed E-state index contributed by atoms with van der Waals surface area (Å²) in [6.07, 6.45) is -1.83. The third-order valence-corrected chi connectivity index (χ3v) is 3.56. The summed E-state index contributed by atoms with van der Waals surface area (Å²) < 4.78 is 15.6. The molecule has 1 saturated heterocycles. The Morgan fingerprint density at radius 2 is 1.79 bits per heavy atom. The third kappa shape index (κ3) is 4.17. The molecule has 1 amide bonds. The van der Waals surface area contributed by atoms with Crippen LogP contribution in [0, 0.1) is 0 Å². The molecule has 0 unspecified atom stereocenters. The van der Waals surface area contributed by atoms with E-state index in [0.717, 1.165) is 5.69 Å². The Kier molecular flexibility index (Phi) is 5.33. The summed E-state index contributed by atoms with van der Waals surface area (Å²) in [7, 11) is 3.00. The maximum absolute atomic E-state index is 12.5. The van der Waals surface area contributed by atoms with Crippen LogP contribution in [0.15, 0.2) is 24.3 Å². The average molecular weight is 336 g/mol. The number of cyclic esters (lactones) is 1. The number of amides is 1. The maximum Gasteiger partial charge on any atom is 0.338 e. The Morgan fingerprint density at radius 1 is 1.17 bits per heavy atom. The van der Waals surface area contributed by atoms with Crippen molar-refractivity contribution in [2.75, 3.05) is 19.5 Å². The fourth-order valence-electron chi connectivity index (χ4n) is 2.50. The van der Waals surface area contributed by atoms with Crippen molar-refractivity contribution in [1.82, 2.24) is 5.32 Å². The van der Waals surface area contributed by atoms with E-state index in [-0.39, 0.29) is 5.91 Å². The number of hydrogen-bond donors (Lipinski definition) is 2. The second-order valence-corrected chi connectivity index (χ2v) is 6.65. The van der Waals surface area contributed by atoms with Crippen LogP contribution in [0.25, 0.3) is 0 Å².